The van der Waals surface area contributed by atoms with E-state index >= 15 is 0 Å². The Balaban J connectivity index is 1.81. The van der Waals surface area contributed by atoms with Crippen LogP contribution in [0.3, 0.4) is 0 Å². The number of hydrogen-bond donors (Lipinski definition) is 1. The second-order valence-corrected chi connectivity index (χ2v) is 6.27. The first-order valence-corrected chi connectivity index (χ1v) is 7.77. The molecule has 2 aromatic rings. The van der Waals surface area contributed by atoms with Crippen LogP contribution in [0.15, 0.2) is 30.5 Å². The van der Waals surface area contributed by atoms with E-state index in [-0.39, 0.29) is 35.2 Å². The number of likely N-dealkylation sites (tertiary alicyclic amines) is 1. The highest BCUT2D eigenvalue weighted by Crippen LogP contribution is 2.24. The quantitative estimate of drug-likeness (QED) is 0.926. The molecular formula is C17H19FN4O2. The van der Waals surface area contributed by atoms with Gasteiger partial charge in [0.2, 0.25) is 5.91 Å². The maximum atomic E-state index is 13.2. The smallest absolute Gasteiger partial charge is 0.274 e. The van der Waals surface area contributed by atoms with Crippen LogP contribution in [0.5, 0.6) is 0 Å². The van der Waals surface area contributed by atoms with Crippen molar-refractivity contribution in [3.8, 4) is 5.69 Å². The number of rotatable bonds is 3. The molecule has 0 bridgehead atoms. The second-order valence-electron chi connectivity index (χ2n) is 6.27. The van der Waals surface area contributed by atoms with E-state index in [9.17, 15) is 14.0 Å². The minimum atomic E-state index is -0.384. The zero-order valence-electron chi connectivity index (χ0n) is 13.6. The minimum absolute atomic E-state index is 0.0351. The van der Waals surface area contributed by atoms with Gasteiger partial charge in [-0.15, -0.1) is 0 Å². The third kappa shape index (κ3) is 2.89. The molecule has 1 fully saturated rings. The second kappa shape index (κ2) is 6.07. The average Bonchev–Trinajstić information content (AvgIpc) is 3.13. The molecule has 24 heavy (non-hydrogen) atoms. The van der Waals surface area contributed by atoms with Crippen LogP contribution in [-0.2, 0) is 4.79 Å². The molecule has 1 aromatic heterocycles. The maximum Gasteiger partial charge on any atom is 0.274 e. The zero-order chi connectivity index (χ0) is 17.4. The van der Waals surface area contributed by atoms with Crippen molar-refractivity contribution in [3.63, 3.8) is 0 Å². The Bertz CT molecular complexity index is 802. The Hall–Kier alpha value is -2.70. The molecule has 0 saturated carbocycles. The number of aryl methyl sites for hydroxylation is 1. The van der Waals surface area contributed by atoms with Crippen molar-refractivity contribution in [3.05, 3.63) is 47.5 Å². The van der Waals surface area contributed by atoms with E-state index in [0.717, 1.165) is 5.56 Å². The summed E-state index contributed by atoms with van der Waals surface area (Å²) in [4.78, 5) is 25.6. The van der Waals surface area contributed by atoms with E-state index in [1.165, 1.54) is 12.1 Å². The van der Waals surface area contributed by atoms with Gasteiger partial charge < -0.3 is 10.6 Å². The lowest BCUT2D eigenvalue weighted by Crippen LogP contribution is -2.32. The van der Waals surface area contributed by atoms with Crippen molar-refractivity contribution in [2.75, 3.05) is 13.1 Å². The monoisotopic (exact) mass is 330 g/mol. The standard InChI is InChI=1S/C17H19FN4O2/c1-10-7-12(18)3-4-15(10)22-6-5-14(20-22)17(24)21-8-11(2)13(9-21)16(19)23/h3-7,11,13H,8-9H2,1-2H3,(H2,19,23)/t11-,13-/m1/s1. The molecule has 2 N–H and O–H groups in total. The van der Waals surface area contributed by atoms with E-state index in [2.05, 4.69) is 5.10 Å². The van der Waals surface area contributed by atoms with Crippen LogP contribution in [0.2, 0.25) is 0 Å². The van der Waals surface area contributed by atoms with Gasteiger partial charge in [0.05, 0.1) is 11.6 Å². The largest absolute Gasteiger partial charge is 0.369 e. The number of nitrogens with two attached hydrogens (primary N) is 1. The first kappa shape index (κ1) is 16.2. The number of aromatic nitrogens is 2. The van der Waals surface area contributed by atoms with E-state index in [1.54, 1.807) is 34.8 Å². The molecule has 0 unspecified atom stereocenters. The fraction of sp³-hybridized carbons (Fsp3) is 0.353. The highest BCUT2D eigenvalue weighted by molar-refractivity contribution is 5.93. The summed E-state index contributed by atoms with van der Waals surface area (Å²) in [6, 6.07) is 6.00. The topological polar surface area (TPSA) is 81.2 Å². The van der Waals surface area contributed by atoms with Crippen LogP contribution in [0, 0.1) is 24.6 Å². The number of halogens is 1. The summed E-state index contributed by atoms with van der Waals surface area (Å²) < 4.78 is 14.8. The summed E-state index contributed by atoms with van der Waals surface area (Å²) in [5, 5.41) is 4.30. The van der Waals surface area contributed by atoms with Gasteiger partial charge in [0.25, 0.3) is 5.91 Å². The Morgan fingerprint density at radius 1 is 1.29 bits per heavy atom. The van der Waals surface area contributed by atoms with E-state index in [0.29, 0.717) is 18.8 Å². The van der Waals surface area contributed by atoms with Crippen LogP contribution in [0.25, 0.3) is 5.69 Å². The molecule has 3 rings (SSSR count). The van der Waals surface area contributed by atoms with Crippen molar-refractivity contribution in [2.45, 2.75) is 13.8 Å². The third-order valence-corrected chi connectivity index (χ3v) is 4.48. The lowest BCUT2D eigenvalue weighted by atomic mass is 9.98. The molecule has 126 valence electrons. The van der Waals surface area contributed by atoms with E-state index in [1.807, 2.05) is 6.92 Å². The van der Waals surface area contributed by atoms with Gasteiger partial charge in [-0.05, 0) is 42.7 Å². The third-order valence-electron chi connectivity index (χ3n) is 4.48. The molecule has 7 heteroatoms. The fourth-order valence-corrected chi connectivity index (χ4v) is 3.11. The molecule has 1 aromatic carbocycles. The lowest BCUT2D eigenvalue weighted by Gasteiger charge is -2.14. The first-order valence-electron chi connectivity index (χ1n) is 7.77. The van der Waals surface area contributed by atoms with Crippen LogP contribution in [-0.4, -0.2) is 39.6 Å². The molecule has 1 aliphatic rings. The molecule has 0 radical (unpaired) electrons. The van der Waals surface area contributed by atoms with Gasteiger partial charge in [0.1, 0.15) is 5.82 Å². The van der Waals surface area contributed by atoms with Crippen LogP contribution in [0.4, 0.5) is 4.39 Å². The van der Waals surface area contributed by atoms with Gasteiger partial charge in [-0.1, -0.05) is 6.92 Å². The Morgan fingerprint density at radius 2 is 2.04 bits per heavy atom. The highest BCUT2D eigenvalue weighted by Gasteiger charge is 2.36. The van der Waals surface area contributed by atoms with Gasteiger partial charge >= 0.3 is 0 Å². The summed E-state index contributed by atoms with van der Waals surface area (Å²) in [7, 11) is 0. The molecule has 2 heterocycles. The number of amides is 2. The van der Waals surface area contributed by atoms with Gasteiger partial charge in [-0.2, -0.15) is 5.10 Å². The predicted octanol–water partition coefficient (Wildman–Crippen LogP) is 1.51. The van der Waals surface area contributed by atoms with Crippen molar-refractivity contribution < 1.29 is 14.0 Å². The lowest BCUT2D eigenvalue weighted by molar-refractivity contribution is -0.122. The maximum absolute atomic E-state index is 13.2. The molecule has 2 amide bonds. The molecule has 0 aliphatic carbocycles. The fourth-order valence-electron chi connectivity index (χ4n) is 3.11. The van der Waals surface area contributed by atoms with Crippen molar-refractivity contribution in [1.82, 2.24) is 14.7 Å². The van der Waals surface area contributed by atoms with Crippen LogP contribution in [0.1, 0.15) is 23.0 Å². The summed E-state index contributed by atoms with van der Waals surface area (Å²) in [6.07, 6.45) is 1.67. The van der Waals surface area contributed by atoms with Gasteiger partial charge in [0, 0.05) is 19.3 Å². The van der Waals surface area contributed by atoms with Crippen molar-refractivity contribution >= 4 is 11.8 Å². The Labute approximate surface area is 139 Å². The first-order chi connectivity index (χ1) is 11.4. The Kier molecular flexibility index (Phi) is 4.09. The van der Waals surface area contributed by atoms with Crippen LogP contribution < -0.4 is 5.73 Å². The SMILES string of the molecule is Cc1cc(F)ccc1-n1ccc(C(=O)N2C[C@@H](C)[C@H](C(N)=O)C2)n1. The molecule has 6 nitrogen and oxygen atoms in total. The summed E-state index contributed by atoms with van der Waals surface area (Å²) in [6.45, 7) is 4.48. The van der Waals surface area contributed by atoms with Gasteiger partial charge in [-0.3, -0.25) is 9.59 Å². The van der Waals surface area contributed by atoms with Gasteiger partial charge in [0.15, 0.2) is 5.69 Å². The van der Waals surface area contributed by atoms with E-state index < -0.39 is 0 Å². The summed E-state index contributed by atoms with van der Waals surface area (Å²) in [5.74, 6) is -1.22. The predicted molar refractivity (Wildman–Crippen MR) is 86.0 cm³/mol. The average molecular weight is 330 g/mol. The summed E-state index contributed by atoms with van der Waals surface area (Å²) >= 11 is 0. The molecule has 2 atom stereocenters. The zero-order valence-corrected chi connectivity index (χ0v) is 13.6. The van der Waals surface area contributed by atoms with Crippen molar-refractivity contribution in [2.24, 2.45) is 17.6 Å². The van der Waals surface area contributed by atoms with E-state index in [4.69, 9.17) is 5.73 Å². The minimum Gasteiger partial charge on any atom is -0.369 e. The number of carbonyl (C=O) groups excluding carboxylic acids is 2. The molecule has 0 spiro atoms. The molecular weight excluding hydrogens is 311 g/mol. The number of carbonyl (C=O) groups is 2. The molecule has 1 saturated heterocycles. The van der Waals surface area contributed by atoms with Crippen LogP contribution >= 0.6 is 0 Å². The van der Waals surface area contributed by atoms with Crippen molar-refractivity contribution in [1.29, 1.82) is 0 Å². The normalized spacial score (nSPS) is 20.4. The van der Waals surface area contributed by atoms with Gasteiger partial charge in [-0.25, -0.2) is 9.07 Å². The summed E-state index contributed by atoms with van der Waals surface area (Å²) in [5.41, 5.74) is 7.09. The number of nitrogens with zero attached hydrogens (tertiary/aromatic N) is 3. The number of primary amides is 1. The number of hydrogen-bond acceptors (Lipinski definition) is 3. The Morgan fingerprint density at radius 3 is 2.67 bits per heavy atom. The number of benzene rings is 1. The highest BCUT2D eigenvalue weighted by atomic mass is 19.1. The molecule has 1 aliphatic heterocycles.